The second-order valence-electron chi connectivity index (χ2n) is 3.79. The summed E-state index contributed by atoms with van der Waals surface area (Å²) in [4.78, 5) is 29.1. The van der Waals surface area contributed by atoms with Gasteiger partial charge in [0.15, 0.2) is 5.13 Å². The normalized spacial score (nSPS) is 15.7. The lowest BCUT2D eigenvalue weighted by Gasteiger charge is -2.26. The van der Waals surface area contributed by atoms with Crippen molar-refractivity contribution < 1.29 is 9.59 Å². The van der Waals surface area contributed by atoms with Crippen molar-refractivity contribution in [3.8, 4) is 0 Å². The molecule has 7 heteroatoms. The summed E-state index contributed by atoms with van der Waals surface area (Å²) in [5, 5.41) is 7.94. The van der Waals surface area contributed by atoms with Crippen LogP contribution in [-0.2, 0) is 9.59 Å². The van der Waals surface area contributed by atoms with Gasteiger partial charge in [0.2, 0.25) is 0 Å². The monoisotopic (exact) mass is 254 g/mol. The van der Waals surface area contributed by atoms with Gasteiger partial charge < -0.3 is 10.2 Å². The molecular weight excluding hydrogens is 240 g/mol. The molecule has 1 saturated heterocycles. The van der Waals surface area contributed by atoms with Gasteiger partial charge in [0.1, 0.15) is 0 Å². The number of hydrogen-bond donors (Lipinski definition) is 2. The van der Waals surface area contributed by atoms with Crippen molar-refractivity contribution >= 4 is 28.3 Å². The van der Waals surface area contributed by atoms with Crippen molar-refractivity contribution in [3.63, 3.8) is 0 Å². The van der Waals surface area contributed by atoms with Crippen molar-refractivity contribution in [1.82, 2.24) is 15.2 Å². The van der Waals surface area contributed by atoms with Gasteiger partial charge in [0.05, 0.1) is 5.69 Å². The summed E-state index contributed by atoms with van der Waals surface area (Å²) >= 11 is 1.32. The summed E-state index contributed by atoms with van der Waals surface area (Å²) in [5.41, 5.74) is 0.833. The van der Waals surface area contributed by atoms with Crippen molar-refractivity contribution in [2.75, 3.05) is 31.5 Å². The van der Waals surface area contributed by atoms with E-state index in [1.54, 1.807) is 4.90 Å². The lowest BCUT2D eigenvalue weighted by atomic mass is 10.3. The molecule has 2 heterocycles. The summed E-state index contributed by atoms with van der Waals surface area (Å²) in [5.74, 6) is -1.10. The number of hydrogen-bond acceptors (Lipinski definition) is 5. The van der Waals surface area contributed by atoms with Crippen LogP contribution in [0.4, 0.5) is 5.13 Å². The fourth-order valence-electron chi connectivity index (χ4n) is 1.57. The summed E-state index contributed by atoms with van der Waals surface area (Å²) in [7, 11) is 0. The standard InChI is InChI=1S/C10H14N4O2S/c1-7-6-17-10(12-7)13-8(15)9(16)14-4-2-11-3-5-14/h6,11H,2-5H2,1H3,(H,12,13,15). The van der Waals surface area contributed by atoms with E-state index in [2.05, 4.69) is 15.6 Å². The number of rotatable bonds is 1. The number of anilines is 1. The number of thiazole rings is 1. The first-order valence-electron chi connectivity index (χ1n) is 5.40. The van der Waals surface area contributed by atoms with Crippen LogP contribution >= 0.6 is 11.3 Å². The Hall–Kier alpha value is -1.47. The van der Waals surface area contributed by atoms with Crippen LogP contribution in [0, 0.1) is 6.92 Å². The average Bonchev–Trinajstić information content (AvgIpc) is 2.75. The third-order valence-corrected chi connectivity index (χ3v) is 3.31. The Bertz CT molecular complexity index is 426. The van der Waals surface area contributed by atoms with Crippen LogP contribution in [0.15, 0.2) is 5.38 Å². The third kappa shape index (κ3) is 3.01. The first-order chi connectivity index (χ1) is 8.16. The largest absolute Gasteiger partial charge is 0.332 e. The van der Waals surface area contributed by atoms with E-state index in [0.29, 0.717) is 18.2 Å². The van der Waals surface area contributed by atoms with E-state index in [-0.39, 0.29) is 0 Å². The van der Waals surface area contributed by atoms with Crippen LogP contribution in [0.3, 0.4) is 0 Å². The molecule has 0 atom stereocenters. The second-order valence-corrected chi connectivity index (χ2v) is 4.65. The molecule has 17 heavy (non-hydrogen) atoms. The molecular formula is C10H14N4O2S. The van der Waals surface area contributed by atoms with Crippen LogP contribution in [0.2, 0.25) is 0 Å². The number of amides is 2. The molecule has 0 saturated carbocycles. The van der Waals surface area contributed by atoms with E-state index < -0.39 is 11.8 Å². The summed E-state index contributed by atoms with van der Waals surface area (Å²) in [6.45, 7) is 4.45. The van der Waals surface area contributed by atoms with Gasteiger partial charge in [-0.05, 0) is 6.92 Å². The van der Waals surface area contributed by atoms with Gasteiger partial charge in [-0.1, -0.05) is 0 Å². The second kappa shape index (κ2) is 5.24. The average molecular weight is 254 g/mol. The number of piperazine rings is 1. The molecule has 1 aliphatic heterocycles. The Morgan fingerprint density at radius 1 is 1.47 bits per heavy atom. The van der Waals surface area contributed by atoms with E-state index in [1.165, 1.54) is 11.3 Å². The van der Waals surface area contributed by atoms with Crippen LogP contribution < -0.4 is 10.6 Å². The fraction of sp³-hybridized carbons (Fsp3) is 0.500. The molecule has 0 aromatic carbocycles. The molecule has 2 amide bonds. The van der Waals surface area contributed by atoms with Gasteiger partial charge in [-0.2, -0.15) is 0 Å². The topological polar surface area (TPSA) is 74.3 Å². The molecule has 0 bridgehead atoms. The SMILES string of the molecule is Cc1csc(NC(=O)C(=O)N2CCNCC2)n1. The third-order valence-electron chi connectivity index (χ3n) is 2.44. The lowest BCUT2D eigenvalue weighted by Crippen LogP contribution is -2.49. The van der Waals surface area contributed by atoms with Crippen molar-refractivity contribution in [1.29, 1.82) is 0 Å². The molecule has 0 unspecified atom stereocenters. The number of aromatic nitrogens is 1. The van der Waals surface area contributed by atoms with Gasteiger partial charge in [-0.3, -0.25) is 14.9 Å². The molecule has 1 aromatic heterocycles. The van der Waals surface area contributed by atoms with Crippen molar-refractivity contribution in [2.24, 2.45) is 0 Å². The molecule has 0 spiro atoms. The van der Waals surface area contributed by atoms with Crippen LogP contribution in [0.25, 0.3) is 0 Å². The highest BCUT2D eigenvalue weighted by molar-refractivity contribution is 7.14. The number of nitrogens with one attached hydrogen (secondary N) is 2. The zero-order valence-electron chi connectivity index (χ0n) is 9.52. The number of carbonyl (C=O) groups excluding carboxylic acids is 2. The van der Waals surface area contributed by atoms with Crippen LogP contribution in [-0.4, -0.2) is 47.9 Å². The van der Waals surface area contributed by atoms with E-state index in [9.17, 15) is 9.59 Å². The Morgan fingerprint density at radius 3 is 2.76 bits per heavy atom. The molecule has 92 valence electrons. The van der Waals surface area contributed by atoms with Gasteiger partial charge in [-0.15, -0.1) is 11.3 Å². The summed E-state index contributed by atoms with van der Waals surface area (Å²) < 4.78 is 0. The summed E-state index contributed by atoms with van der Waals surface area (Å²) in [6.07, 6.45) is 0. The molecule has 6 nitrogen and oxygen atoms in total. The highest BCUT2D eigenvalue weighted by Gasteiger charge is 2.23. The Labute approximate surface area is 103 Å². The van der Waals surface area contributed by atoms with Crippen LogP contribution in [0.1, 0.15) is 5.69 Å². The van der Waals surface area contributed by atoms with E-state index in [4.69, 9.17) is 0 Å². The fourth-order valence-corrected chi connectivity index (χ4v) is 2.26. The maximum atomic E-state index is 11.8. The molecule has 0 aliphatic carbocycles. The number of carbonyl (C=O) groups is 2. The molecule has 1 aliphatic rings. The zero-order chi connectivity index (χ0) is 12.3. The van der Waals surface area contributed by atoms with E-state index >= 15 is 0 Å². The molecule has 0 radical (unpaired) electrons. The van der Waals surface area contributed by atoms with Gasteiger partial charge >= 0.3 is 11.8 Å². The maximum absolute atomic E-state index is 11.8. The summed E-state index contributed by atoms with van der Waals surface area (Å²) in [6, 6.07) is 0. The molecule has 2 N–H and O–H groups in total. The predicted molar refractivity (Wildman–Crippen MR) is 64.9 cm³/mol. The quantitative estimate of drug-likeness (QED) is 0.682. The van der Waals surface area contributed by atoms with E-state index in [1.807, 2.05) is 12.3 Å². The molecule has 1 fully saturated rings. The Morgan fingerprint density at radius 2 is 2.18 bits per heavy atom. The smallest absolute Gasteiger partial charge is 0.315 e. The van der Waals surface area contributed by atoms with Crippen molar-refractivity contribution in [3.05, 3.63) is 11.1 Å². The minimum atomic E-state index is -0.610. The molecule has 2 rings (SSSR count). The van der Waals surface area contributed by atoms with Gasteiger partial charge in [0, 0.05) is 31.6 Å². The predicted octanol–water partition coefficient (Wildman–Crippen LogP) is -0.178. The van der Waals surface area contributed by atoms with Gasteiger partial charge in [-0.25, -0.2) is 4.98 Å². The first kappa shape index (κ1) is 12.0. The number of aryl methyl sites for hydroxylation is 1. The minimum absolute atomic E-state index is 0.469. The highest BCUT2D eigenvalue weighted by Crippen LogP contribution is 2.14. The van der Waals surface area contributed by atoms with Gasteiger partial charge in [0.25, 0.3) is 0 Å². The Balaban J connectivity index is 1.92. The highest BCUT2D eigenvalue weighted by atomic mass is 32.1. The van der Waals surface area contributed by atoms with Crippen molar-refractivity contribution in [2.45, 2.75) is 6.92 Å². The first-order valence-corrected chi connectivity index (χ1v) is 6.28. The molecule has 1 aromatic rings. The maximum Gasteiger partial charge on any atom is 0.315 e. The van der Waals surface area contributed by atoms with E-state index in [0.717, 1.165) is 18.8 Å². The Kier molecular flexibility index (Phi) is 3.70. The minimum Gasteiger partial charge on any atom is -0.332 e. The number of nitrogens with zero attached hydrogens (tertiary/aromatic N) is 2. The lowest BCUT2D eigenvalue weighted by molar-refractivity contribution is -0.143. The zero-order valence-corrected chi connectivity index (χ0v) is 10.3. The van der Waals surface area contributed by atoms with Crippen LogP contribution in [0.5, 0.6) is 0 Å².